The Labute approximate surface area is 139 Å². The van der Waals surface area contributed by atoms with Crippen molar-refractivity contribution >= 4 is 17.5 Å². The highest BCUT2D eigenvalue weighted by Crippen LogP contribution is 2.34. The fraction of sp³-hybridized carbons (Fsp3) is 0.211. The molecule has 0 atom stereocenters. The lowest BCUT2D eigenvalue weighted by atomic mass is 10.1. The van der Waals surface area contributed by atoms with Crippen molar-refractivity contribution in [1.82, 2.24) is 0 Å². The summed E-state index contributed by atoms with van der Waals surface area (Å²) in [4.78, 5) is 14.6. The van der Waals surface area contributed by atoms with Gasteiger partial charge in [0.05, 0.1) is 18.8 Å². The van der Waals surface area contributed by atoms with E-state index in [0.29, 0.717) is 11.3 Å². The molecule has 0 unspecified atom stereocenters. The minimum atomic E-state index is -0.165. The Bertz CT molecular complexity index is 805. The van der Waals surface area contributed by atoms with Crippen molar-refractivity contribution in [3.63, 3.8) is 0 Å². The minimum absolute atomic E-state index is 0.0812. The van der Waals surface area contributed by atoms with Crippen LogP contribution in [0.3, 0.4) is 0 Å². The number of phenols is 1. The Morgan fingerprint density at radius 2 is 1.79 bits per heavy atom. The molecule has 1 N–H and O–H groups in total. The van der Waals surface area contributed by atoms with E-state index in [0.717, 1.165) is 37.6 Å². The third-order valence-corrected chi connectivity index (χ3v) is 4.22. The third kappa shape index (κ3) is 2.74. The number of rotatable bonds is 2. The second-order valence-corrected chi connectivity index (χ2v) is 5.81. The molecule has 2 aromatic carbocycles. The normalized spacial score (nSPS) is 18.6. The summed E-state index contributed by atoms with van der Waals surface area (Å²) < 4.78 is 10.9. The molecule has 1 saturated heterocycles. The molecule has 0 aromatic heterocycles. The number of benzene rings is 2. The molecule has 1 fully saturated rings. The van der Waals surface area contributed by atoms with Crippen LogP contribution < -0.4 is 9.64 Å². The fourth-order valence-electron chi connectivity index (χ4n) is 2.93. The minimum Gasteiger partial charge on any atom is -0.508 e. The number of carbonyl (C=O) groups excluding carboxylic acids is 1. The first-order valence-electron chi connectivity index (χ1n) is 7.91. The summed E-state index contributed by atoms with van der Waals surface area (Å²) in [6, 6.07) is 12.5. The number of allylic oxidation sites excluding steroid dienone is 1. The van der Waals surface area contributed by atoms with E-state index in [1.165, 1.54) is 12.1 Å². The van der Waals surface area contributed by atoms with Crippen LogP contribution in [0.5, 0.6) is 11.5 Å². The molecule has 2 aliphatic heterocycles. The van der Waals surface area contributed by atoms with E-state index < -0.39 is 0 Å². The van der Waals surface area contributed by atoms with Crippen molar-refractivity contribution in [3.05, 3.63) is 59.4 Å². The average Bonchev–Trinajstić information content (AvgIpc) is 2.91. The van der Waals surface area contributed by atoms with Crippen molar-refractivity contribution in [2.24, 2.45) is 0 Å². The van der Waals surface area contributed by atoms with E-state index in [4.69, 9.17) is 9.47 Å². The summed E-state index contributed by atoms with van der Waals surface area (Å²) in [6.45, 7) is 3.28. The molecule has 2 aliphatic rings. The Kier molecular flexibility index (Phi) is 3.70. The van der Waals surface area contributed by atoms with Crippen LogP contribution in [0.1, 0.15) is 15.9 Å². The smallest absolute Gasteiger partial charge is 0.231 e. The third-order valence-electron chi connectivity index (χ3n) is 4.22. The highest BCUT2D eigenvalue weighted by atomic mass is 16.5. The molecule has 0 radical (unpaired) electrons. The lowest BCUT2D eigenvalue weighted by molar-refractivity contribution is 0.101. The maximum Gasteiger partial charge on any atom is 0.231 e. The van der Waals surface area contributed by atoms with Crippen LogP contribution in [-0.4, -0.2) is 37.2 Å². The van der Waals surface area contributed by atoms with Crippen LogP contribution in [0.4, 0.5) is 5.69 Å². The summed E-state index contributed by atoms with van der Waals surface area (Å²) in [5.41, 5.74) is 2.52. The SMILES string of the molecule is O=C1/C(=C\c2ccc(N3CCOCC3)cc2)Oc2cc(O)ccc21. The number of morpholine rings is 1. The quantitative estimate of drug-likeness (QED) is 0.861. The van der Waals surface area contributed by atoms with Crippen LogP contribution in [-0.2, 0) is 4.74 Å². The van der Waals surface area contributed by atoms with Gasteiger partial charge < -0.3 is 19.5 Å². The molecular formula is C19H17NO4. The predicted octanol–water partition coefficient (Wildman–Crippen LogP) is 2.85. The van der Waals surface area contributed by atoms with Crippen molar-refractivity contribution < 1.29 is 19.4 Å². The molecule has 0 saturated carbocycles. The van der Waals surface area contributed by atoms with Crippen LogP contribution >= 0.6 is 0 Å². The Morgan fingerprint density at radius 3 is 2.54 bits per heavy atom. The first kappa shape index (κ1) is 14.8. The zero-order valence-corrected chi connectivity index (χ0v) is 13.1. The summed E-state index contributed by atoms with van der Waals surface area (Å²) in [5, 5.41) is 9.49. The summed E-state index contributed by atoms with van der Waals surface area (Å²) in [5.74, 6) is 0.589. The second kappa shape index (κ2) is 6.02. The number of phenolic OH excluding ortho intramolecular Hbond substituents is 1. The van der Waals surface area contributed by atoms with Crippen LogP contribution in [0, 0.1) is 0 Å². The van der Waals surface area contributed by atoms with Crippen LogP contribution in [0.25, 0.3) is 6.08 Å². The standard InChI is InChI=1S/C19H17NO4/c21-15-5-6-16-17(12-15)24-18(19(16)22)11-13-1-3-14(4-2-13)20-7-9-23-10-8-20/h1-6,11-12,21H,7-10H2/b18-11+. The highest BCUT2D eigenvalue weighted by Gasteiger charge is 2.27. The first-order chi connectivity index (χ1) is 11.7. The van der Waals surface area contributed by atoms with Gasteiger partial charge in [-0.25, -0.2) is 0 Å². The Morgan fingerprint density at radius 1 is 1.04 bits per heavy atom. The van der Waals surface area contributed by atoms with E-state index >= 15 is 0 Å². The zero-order valence-electron chi connectivity index (χ0n) is 13.1. The number of fused-ring (bicyclic) bond motifs is 1. The van der Waals surface area contributed by atoms with Gasteiger partial charge in [0.15, 0.2) is 5.76 Å². The van der Waals surface area contributed by atoms with E-state index in [9.17, 15) is 9.90 Å². The molecule has 0 bridgehead atoms. The zero-order chi connectivity index (χ0) is 16.5. The van der Waals surface area contributed by atoms with E-state index in [-0.39, 0.29) is 17.3 Å². The van der Waals surface area contributed by atoms with E-state index in [1.54, 1.807) is 12.1 Å². The van der Waals surface area contributed by atoms with Crippen LogP contribution in [0.2, 0.25) is 0 Å². The average molecular weight is 323 g/mol. The maximum absolute atomic E-state index is 12.3. The Hall–Kier alpha value is -2.79. The van der Waals surface area contributed by atoms with Gasteiger partial charge in [0.1, 0.15) is 11.5 Å². The largest absolute Gasteiger partial charge is 0.508 e. The van der Waals surface area contributed by atoms with Crippen LogP contribution in [0.15, 0.2) is 48.2 Å². The van der Waals surface area contributed by atoms with E-state index in [1.807, 2.05) is 24.3 Å². The topological polar surface area (TPSA) is 59.0 Å². The number of hydrogen-bond acceptors (Lipinski definition) is 5. The van der Waals surface area contributed by atoms with Gasteiger partial charge in [0.25, 0.3) is 0 Å². The number of anilines is 1. The summed E-state index contributed by atoms with van der Waals surface area (Å²) >= 11 is 0. The molecule has 0 aliphatic carbocycles. The molecule has 122 valence electrons. The summed E-state index contributed by atoms with van der Waals surface area (Å²) in [6.07, 6.45) is 1.72. The molecule has 24 heavy (non-hydrogen) atoms. The second-order valence-electron chi connectivity index (χ2n) is 5.81. The fourth-order valence-corrected chi connectivity index (χ4v) is 2.93. The van der Waals surface area contributed by atoms with Crippen molar-refractivity contribution in [3.8, 4) is 11.5 Å². The van der Waals surface area contributed by atoms with Gasteiger partial charge in [-0.3, -0.25) is 4.79 Å². The number of ether oxygens (including phenoxy) is 2. The molecule has 5 heteroatoms. The molecule has 2 heterocycles. The molecule has 0 spiro atoms. The molecule has 0 amide bonds. The molecular weight excluding hydrogens is 306 g/mol. The first-order valence-corrected chi connectivity index (χ1v) is 7.91. The van der Waals surface area contributed by atoms with Gasteiger partial charge in [-0.1, -0.05) is 12.1 Å². The number of hydrogen-bond donors (Lipinski definition) is 1. The number of ketones is 1. The predicted molar refractivity (Wildman–Crippen MR) is 90.5 cm³/mol. The van der Waals surface area contributed by atoms with Crippen molar-refractivity contribution in [2.45, 2.75) is 0 Å². The highest BCUT2D eigenvalue weighted by molar-refractivity contribution is 6.14. The van der Waals surface area contributed by atoms with Gasteiger partial charge >= 0.3 is 0 Å². The number of carbonyl (C=O) groups is 1. The van der Waals surface area contributed by atoms with Gasteiger partial charge in [-0.15, -0.1) is 0 Å². The Balaban J connectivity index is 1.55. The van der Waals surface area contributed by atoms with Gasteiger partial charge in [0.2, 0.25) is 5.78 Å². The monoisotopic (exact) mass is 323 g/mol. The van der Waals surface area contributed by atoms with E-state index in [2.05, 4.69) is 4.90 Å². The number of nitrogens with zero attached hydrogens (tertiary/aromatic N) is 1. The number of Topliss-reactive ketones (excluding diaryl/α,β-unsaturated/α-hetero) is 1. The van der Waals surface area contributed by atoms with Crippen molar-refractivity contribution in [2.75, 3.05) is 31.2 Å². The molecule has 2 aromatic rings. The van der Waals surface area contributed by atoms with Gasteiger partial charge in [-0.2, -0.15) is 0 Å². The van der Waals surface area contributed by atoms with Gasteiger partial charge in [-0.05, 0) is 35.9 Å². The van der Waals surface area contributed by atoms with Gasteiger partial charge in [0, 0.05) is 24.8 Å². The lowest BCUT2D eigenvalue weighted by Crippen LogP contribution is -2.36. The molecule has 4 rings (SSSR count). The van der Waals surface area contributed by atoms with Crippen molar-refractivity contribution in [1.29, 1.82) is 0 Å². The number of aromatic hydroxyl groups is 1. The summed E-state index contributed by atoms with van der Waals surface area (Å²) in [7, 11) is 0. The molecule has 5 nitrogen and oxygen atoms in total. The maximum atomic E-state index is 12.3. The lowest BCUT2D eigenvalue weighted by Gasteiger charge is -2.28.